The van der Waals surface area contributed by atoms with E-state index in [9.17, 15) is 0 Å². The van der Waals surface area contributed by atoms with Gasteiger partial charge in [-0.2, -0.15) is 0 Å². The Kier molecular flexibility index (Phi) is 6.19. The first-order chi connectivity index (χ1) is 15.7. The lowest BCUT2D eigenvalue weighted by Gasteiger charge is -2.24. The van der Waals surface area contributed by atoms with Gasteiger partial charge in [-0.15, -0.1) is 11.3 Å². The van der Waals surface area contributed by atoms with Gasteiger partial charge in [0.25, 0.3) is 0 Å². The third-order valence-electron chi connectivity index (χ3n) is 6.08. The van der Waals surface area contributed by atoms with Gasteiger partial charge in [-0.25, -0.2) is 4.98 Å². The highest BCUT2D eigenvalue weighted by Crippen LogP contribution is 2.39. The molecule has 1 atom stereocenters. The molecule has 0 aliphatic carbocycles. The molecule has 168 valence electrons. The Hall–Kier alpha value is -2.77. The summed E-state index contributed by atoms with van der Waals surface area (Å²) in [6, 6.07) is 12.6. The van der Waals surface area contributed by atoms with Crippen LogP contribution in [-0.4, -0.2) is 43.9 Å². The molecular weight excluding hydrogens is 424 g/mol. The molecule has 3 heterocycles. The van der Waals surface area contributed by atoms with Crippen LogP contribution >= 0.6 is 11.3 Å². The van der Waals surface area contributed by atoms with Crippen LogP contribution in [0.2, 0.25) is 0 Å². The van der Waals surface area contributed by atoms with E-state index in [1.807, 2.05) is 18.2 Å². The highest BCUT2D eigenvalue weighted by Gasteiger charge is 2.28. The van der Waals surface area contributed by atoms with E-state index in [2.05, 4.69) is 28.5 Å². The summed E-state index contributed by atoms with van der Waals surface area (Å²) < 4.78 is 22.6. The first-order valence-electron chi connectivity index (χ1n) is 11.1. The van der Waals surface area contributed by atoms with Crippen LogP contribution in [0.25, 0.3) is 10.6 Å². The van der Waals surface area contributed by atoms with Crippen LogP contribution in [-0.2, 0) is 6.54 Å². The lowest BCUT2D eigenvalue weighted by Crippen LogP contribution is -2.23. The van der Waals surface area contributed by atoms with E-state index in [1.165, 1.54) is 12.0 Å². The van der Waals surface area contributed by atoms with Crippen LogP contribution in [0.1, 0.15) is 36.6 Å². The molecule has 2 aliphatic heterocycles. The second-order valence-electron chi connectivity index (χ2n) is 8.10. The highest BCUT2D eigenvalue weighted by molar-refractivity contribution is 7.13. The molecule has 32 heavy (non-hydrogen) atoms. The summed E-state index contributed by atoms with van der Waals surface area (Å²) in [5.74, 6) is 3.27. The fraction of sp³-hybridized carbons (Fsp3) is 0.400. The molecule has 7 heteroatoms. The number of fused-ring (bicyclic) bond motifs is 1. The van der Waals surface area contributed by atoms with Crippen molar-refractivity contribution < 1.29 is 18.9 Å². The highest BCUT2D eigenvalue weighted by atomic mass is 32.1. The maximum Gasteiger partial charge on any atom is 0.161 e. The quantitative estimate of drug-likeness (QED) is 0.504. The van der Waals surface area contributed by atoms with Gasteiger partial charge in [0.05, 0.1) is 38.7 Å². The van der Waals surface area contributed by atoms with E-state index in [1.54, 1.807) is 25.6 Å². The average molecular weight is 453 g/mol. The van der Waals surface area contributed by atoms with Crippen molar-refractivity contribution in [2.24, 2.45) is 0 Å². The van der Waals surface area contributed by atoms with Crippen molar-refractivity contribution in [3.63, 3.8) is 0 Å². The van der Waals surface area contributed by atoms with Gasteiger partial charge in [0.15, 0.2) is 11.5 Å². The summed E-state index contributed by atoms with van der Waals surface area (Å²) in [5.41, 5.74) is 3.37. The van der Waals surface area contributed by atoms with Crippen LogP contribution in [0.5, 0.6) is 23.0 Å². The molecule has 0 spiro atoms. The van der Waals surface area contributed by atoms with E-state index >= 15 is 0 Å². The van der Waals surface area contributed by atoms with Gasteiger partial charge < -0.3 is 18.9 Å². The van der Waals surface area contributed by atoms with Crippen molar-refractivity contribution >= 4 is 11.3 Å². The third-order valence-corrected chi connectivity index (χ3v) is 7.00. The molecule has 3 aromatic rings. The van der Waals surface area contributed by atoms with E-state index in [4.69, 9.17) is 23.9 Å². The number of rotatable bonds is 6. The zero-order valence-electron chi connectivity index (χ0n) is 18.5. The predicted octanol–water partition coefficient (Wildman–Crippen LogP) is 5.33. The Balaban J connectivity index is 1.34. The average Bonchev–Trinajstić information content (AvgIpc) is 3.42. The summed E-state index contributed by atoms with van der Waals surface area (Å²) >= 11 is 1.65. The van der Waals surface area contributed by atoms with Gasteiger partial charge in [-0.05, 0) is 49.2 Å². The Bertz CT molecular complexity index is 1080. The van der Waals surface area contributed by atoms with Crippen LogP contribution in [0.4, 0.5) is 0 Å². The van der Waals surface area contributed by atoms with Crippen LogP contribution in [0.15, 0.2) is 41.8 Å². The van der Waals surface area contributed by atoms with Crippen molar-refractivity contribution in [2.45, 2.75) is 31.8 Å². The van der Waals surface area contributed by atoms with Gasteiger partial charge in [0.2, 0.25) is 0 Å². The molecule has 1 fully saturated rings. The molecule has 0 amide bonds. The smallest absolute Gasteiger partial charge is 0.161 e. The SMILES string of the molecule is COc1ccc(-c2nc(CN3CCCC3c3ccc4c(c3)OCCCO4)cs2)c(OC)c1. The fourth-order valence-corrected chi connectivity index (χ4v) is 5.31. The monoisotopic (exact) mass is 452 g/mol. The van der Waals surface area contributed by atoms with Crippen molar-refractivity contribution in [1.29, 1.82) is 0 Å². The minimum absolute atomic E-state index is 0.368. The Morgan fingerprint density at radius 3 is 2.75 bits per heavy atom. The second kappa shape index (κ2) is 9.38. The van der Waals surface area contributed by atoms with Crippen molar-refractivity contribution in [3.8, 4) is 33.6 Å². The fourth-order valence-electron chi connectivity index (χ4n) is 4.47. The minimum Gasteiger partial charge on any atom is -0.497 e. The van der Waals surface area contributed by atoms with Crippen molar-refractivity contribution in [3.05, 3.63) is 53.0 Å². The largest absolute Gasteiger partial charge is 0.497 e. The maximum absolute atomic E-state index is 5.92. The summed E-state index contributed by atoms with van der Waals surface area (Å²) in [6.07, 6.45) is 3.25. The molecule has 0 radical (unpaired) electrons. The zero-order valence-corrected chi connectivity index (χ0v) is 19.3. The summed E-state index contributed by atoms with van der Waals surface area (Å²) in [7, 11) is 3.34. The van der Waals surface area contributed by atoms with Gasteiger partial charge in [-0.1, -0.05) is 6.07 Å². The molecule has 1 saturated heterocycles. The van der Waals surface area contributed by atoms with Crippen molar-refractivity contribution in [2.75, 3.05) is 34.0 Å². The number of ether oxygens (including phenoxy) is 4. The normalized spacial score (nSPS) is 18.4. The molecule has 2 aliphatic rings. The summed E-state index contributed by atoms with van der Waals surface area (Å²) in [4.78, 5) is 7.45. The number of likely N-dealkylation sites (tertiary alicyclic amines) is 1. The van der Waals surface area contributed by atoms with Gasteiger partial charge in [0.1, 0.15) is 16.5 Å². The molecule has 0 saturated carbocycles. The molecule has 2 aromatic carbocycles. The zero-order chi connectivity index (χ0) is 21.9. The molecule has 0 N–H and O–H groups in total. The lowest BCUT2D eigenvalue weighted by molar-refractivity contribution is 0.245. The number of aromatic nitrogens is 1. The van der Waals surface area contributed by atoms with E-state index in [-0.39, 0.29) is 0 Å². The number of nitrogens with zero attached hydrogens (tertiary/aromatic N) is 2. The number of hydrogen-bond acceptors (Lipinski definition) is 7. The number of thiazole rings is 1. The standard InChI is InChI=1S/C25H28N2O4S/c1-28-19-7-8-20(23(14-19)29-2)25-26-18(16-32-25)15-27-10-3-5-21(27)17-6-9-22-24(13-17)31-12-4-11-30-22/h6-9,13-14,16,21H,3-5,10-12,15H2,1-2H3. The molecule has 6 nitrogen and oxygen atoms in total. The van der Waals surface area contributed by atoms with E-state index in [0.29, 0.717) is 19.3 Å². The van der Waals surface area contributed by atoms with Crippen LogP contribution in [0.3, 0.4) is 0 Å². The lowest BCUT2D eigenvalue weighted by atomic mass is 10.0. The number of methoxy groups -OCH3 is 2. The Morgan fingerprint density at radius 2 is 1.91 bits per heavy atom. The van der Waals surface area contributed by atoms with Gasteiger partial charge in [-0.3, -0.25) is 4.90 Å². The first kappa shape index (κ1) is 21.1. The molecule has 1 unspecified atom stereocenters. The van der Waals surface area contributed by atoms with E-state index in [0.717, 1.165) is 65.2 Å². The molecule has 0 bridgehead atoms. The Morgan fingerprint density at radius 1 is 1.03 bits per heavy atom. The molecular formula is C25H28N2O4S. The summed E-state index contributed by atoms with van der Waals surface area (Å²) in [5, 5.41) is 3.12. The third kappa shape index (κ3) is 4.27. The second-order valence-corrected chi connectivity index (χ2v) is 8.95. The predicted molar refractivity (Wildman–Crippen MR) is 125 cm³/mol. The molecule has 5 rings (SSSR count). The number of hydrogen-bond donors (Lipinski definition) is 0. The van der Waals surface area contributed by atoms with Gasteiger partial charge in [0, 0.05) is 30.5 Å². The topological polar surface area (TPSA) is 53.1 Å². The molecule has 1 aromatic heterocycles. The van der Waals surface area contributed by atoms with E-state index < -0.39 is 0 Å². The van der Waals surface area contributed by atoms with Crippen molar-refractivity contribution in [1.82, 2.24) is 9.88 Å². The minimum atomic E-state index is 0.368. The Labute approximate surface area is 192 Å². The maximum atomic E-state index is 5.92. The number of benzene rings is 2. The first-order valence-corrected chi connectivity index (χ1v) is 11.9. The van der Waals surface area contributed by atoms with Crippen LogP contribution in [0, 0.1) is 0 Å². The summed E-state index contributed by atoms with van der Waals surface area (Å²) in [6.45, 7) is 3.32. The van der Waals surface area contributed by atoms with Crippen LogP contribution < -0.4 is 18.9 Å². The van der Waals surface area contributed by atoms with Gasteiger partial charge >= 0.3 is 0 Å².